The molecule has 6 heteroatoms. The molecule has 138 valence electrons. The third kappa shape index (κ3) is 5.59. The molecule has 5 nitrogen and oxygen atoms in total. The minimum Gasteiger partial charge on any atom is -0.493 e. The molecule has 0 aliphatic carbocycles. The average Bonchev–Trinajstić information content (AvgIpc) is 2.61. The molecule has 2 N–H and O–H groups in total. The van der Waals surface area contributed by atoms with Crippen LogP contribution in [0, 0.1) is 5.92 Å². The first-order valence-electron chi connectivity index (χ1n) is 8.51. The third-order valence-electron chi connectivity index (χ3n) is 3.66. The number of amides is 2. The van der Waals surface area contributed by atoms with E-state index in [2.05, 4.69) is 26.6 Å². The van der Waals surface area contributed by atoms with Crippen LogP contribution in [0.25, 0.3) is 0 Å². The lowest BCUT2D eigenvalue weighted by Gasteiger charge is -2.14. The second-order valence-corrected chi connectivity index (χ2v) is 7.02. The number of anilines is 1. The van der Waals surface area contributed by atoms with E-state index in [1.54, 1.807) is 18.2 Å². The Hall–Kier alpha value is -2.34. The van der Waals surface area contributed by atoms with Crippen LogP contribution < -0.4 is 15.4 Å². The van der Waals surface area contributed by atoms with Crippen molar-refractivity contribution in [1.29, 1.82) is 0 Å². The number of halogens is 1. The van der Waals surface area contributed by atoms with Gasteiger partial charge in [0.15, 0.2) is 0 Å². The molecule has 0 saturated carbocycles. The van der Waals surface area contributed by atoms with E-state index in [1.165, 1.54) is 0 Å². The zero-order chi connectivity index (χ0) is 19.1. The van der Waals surface area contributed by atoms with Crippen LogP contribution in [0.2, 0.25) is 0 Å². The van der Waals surface area contributed by atoms with E-state index in [9.17, 15) is 9.59 Å². The zero-order valence-electron chi connectivity index (χ0n) is 15.1. The molecule has 0 heterocycles. The van der Waals surface area contributed by atoms with Gasteiger partial charge in [-0.25, -0.2) is 0 Å². The Morgan fingerprint density at radius 1 is 1.15 bits per heavy atom. The van der Waals surface area contributed by atoms with Crippen molar-refractivity contribution in [2.45, 2.75) is 27.3 Å². The second kappa shape index (κ2) is 9.38. The summed E-state index contributed by atoms with van der Waals surface area (Å²) in [4.78, 5) is 24.6. The summed E-state index contributed by atoms with van der Waals surface area (Å²) in [5, 5.41) is 5.70. The number of hydrogen-bond donors (Lipinski definition) is 2. The van der Waals surface area contributed by atoms with Gasteiger partial charge < -0.3 is 15.4 Å². The lowest BCUT2D eigenvalue weighted by molar-refractivity contribution is -0.118. The van der Waals surface area contributed by atoms with E-state index in [-0.39, 0.29) is 17.7 Å². The first kappa shape index (κ1) is 20.0. The molecule has 2 aromatic carbocycles. The van der Waals surface area contributed by atoms with Gasteiger partial charge in [-0.3, -0.25) is 9.59 Å². The SMILES string of the molecule is CCOc1ccc(NC(=O)C(C)C)cc1C(=O)NCc1cccc(Br)c1. The van der Waals surface area contributed by atoms with Crippen molar-refractivity contribution in [3.8, 4) is 5.75 Å². The highest BCUT2D eigenvalue weighted by Gasteiger charge is 2.15. The number of carbonyl (C=O) groups is 2. The summed E-state index contributed by atoms with van der Waals surface area (Å²) in [5.74, 6) is -0.0131. The van der Waals surface area contributed by atoms with Crippen molar-refractivity contribution < 1.29 is 14.3 Å². The molecule has 2 rings (SSSR count). The summed E-state index contributed by atoms with van der Waals surface area (Å²) < 4.78 is 6.51. The number of ether oxygens (including phenoxy) is 1. The van der Waals surface area contributed by atoms with E-state index in [1.807, 2.05) is 45.0 Å². The Morgan fingerprint density at radius 3 is 2.58 bits per heavy atom. The molecule has 0 atom stereocenters. The van der Waals surface area contributed by atoms with E-state index in [0.717, 1.165) is 10.0 Å². The van der Waals surface area contributed by atoms with Gasteiger partial charge in [0.2, 0.25) is 5.91 Å². The standard InChI is InChI=1S/C20H23BrN2O3/c1-4-26-18-9-8-16(23-19(24)13(2)3)11-17(18)20(25)22-12-14-6-5-7-15(21)10-14/h5-11,13H,4,12H2,1-3H3,(H,22,25)(H,23,24). The molecular weight excluding hydrogens is 396 g/mol. The molecule has 2 aromatic rings. The summed E-state index contributed by atoms with van der Waals surface area (Å²) in [6.07, 6.45) is 0. The largest absolute Gasteiger partial charge is 0.493 e. The number of carbonyl (C=O) groups excluding carboxylic acids is 2. The molecule has 0 aliphatic rings. The Balaban J connectivity index is 2.17. The maximum Gasteiger partial charge on any atom is 0.255 e. The first-order chi connectivity index (χ1) is 12.4. The van der Waals surface area contributed by atoms with Gasteiger partial charge in [-0.2, -0.15) is 0 Å². The van der Waals surface area contributed by atoms with Gasteiger partial charge in [-0.15, -0.1) is 0 Å². The predicted octanol–water partition coefficient (Wildman–Crippen LogP) is 4.37. The number of hydrogen-bond acceptors (Lipinski definition) is 3. The molecule has 0 saturated heterocycles. The molecule has 0 fully saturated rings. The van der Waals surface area contributed by atoms with Crippen LogP contribution >= 0.6 is 15.9 Å². The molecular formula is C20H23BrN2O3. The third-order valence-corrected chi connectivity index (χ3v) is 4.15. The maximum atomic E-state index is 12.7. The van der Waals surface area contributed by atoms with Gasteiger partial charge in [0.25, 0.3) is 5.91 Å². The van der Waals surface area contributed by atoms with Crippen molar-refractivity contribution in [2.75, 3.05) is 11.9 Å². The van der Waals surface area contributed by atoms with Crippen LogP contribution in [0.5, 0.6) is 5.75 Å². The Kier molecular flexibility index (Phi) is 7.21. The first-order valence-corrected chi connectivity index (χ1v) is 9.30. The monoisotopic (exact) mass is 418 g/mol. The van der Waals surface area contributed by atoms with Crippen molar-refractivity contribution in [3.63, 3.8) is 0 Å². The van der Waals surface area contributed by atoms with E-state index < -0.39 is 0 Å². The molecule has 0 aliphatic heterocycles. The normalized spacial score (nSPS) is 10.5. The van der Waals surface area contributed by atoms with E-state index >= 15 is 0 Å². The van der Waals surface area contributed by atoms with Gasteiger partial charge in [-0.05, 0) is 42.8 Å². The summed E-state index contributed by atoms with van der Waals surface area (Å²) >= 11 is 3.42. The summed E-state index contributed by atoms with van der Waals surface area (Å²) in [6, 6.07) is 12.8. The van der Waals surface area contributed by atoms with Crippen LogP contribution in [0.3, 0.4) is 0 Å². The predicted molar refractivity (Wildman–Crippen MR) is 106 cm³/mol. The van der Waals surface area contributed by atoms with Gasteiger partial charge in [-0.1, -0.05) is 41.9 Å². The summed E-state index contributed by atoms with van der Waals surface area (Å²) in [7, 11) is 0. The molecule has 0 radical (unpaired) electrons. The second-order valence-electron chi connectivity index (χ2n) is 6.10. The summed E-state index contributed by atoms with van der Waals surface area (Å²) in [6.45, 7) is 6.33. The highest BCUT2D eigenvalue weighted by atomic mass is 79.9. The van der Waals surface area contributed by atoms with Crippen LogP contribution in [-0.2, 0) is 11.3 Å². The minimum atomic E-state index is -0.255. The van der Waals surface area contributed by atoms with Gasteiger partial charge in [0, 0.05) is 22.6 Å². The maximum absolute atomic E-state index is 12.7. The van der Waals surface area contributed by atoms with E-state index in [0.29, 0.717) is 30.2 Å². The topological polar surface area (TPSA) is 67.4 Å². The van der Waals surface area contributed by atoms with Crippen molar-refractivity contribution in [1.82, 2.24) is 5.32 Å². The smallest absolute Gasteiger partial charge is 0.255 e. The molecule has 0 aromatic heterocycles. The van der Waals surface area contributed by atoms with Crippen LogP contribution in [-0.4, -0.2) is 18.4 Å². The highest BCUT2D eigenvalue weighted by molar-refractivity contribution is 9.10. The Morgan fingerprint density at radius 2 is 1.92 bits per heavy atom. The van der Waals surface area contributed by atoms with Gasteiger partial charge in [0.1, 0.15) is 5.75 Å². The molecule has 2 amide bonds. The quantitative estimate of drug-likeness (QED) is 0.700. The van der Waals surface area contributed by atoms with Crippen LogP contribution in [0.4, 0.5) is 5.69 Å². The fourth-order valence-corrected chi connectivity index (χ4v) is 2.72. The Bertz CT molecular complexity index is 790. The molecule has 0 bridgehead atoms. The molecule has 26 heavy (non-hydrogen) atoms. The highest BCUT2D eigenvalue weighted by Crippen LogP contribution is 2.24. The fourth-order valence-electron chi connectivity index (χ4n) is 2.28. The van der Waals surface area contributed by atoms with Gasteiger partial charge >= 0.3 is 0 Å². The lowest BCUT2D eigenvalue weighted by atomic mass is 10.1. The van der Waals surface area contributed by atoms with Crippen LogP contribution in [0.15, 0.2) is 46.9 Å². The molecule has 0 unspecified atom stereocenters. The Labute approximate surface area is 162 Å². The van der Waals surface area contributed by atoms with Crippen molar-refractivity contribution >= 4 is 33.4 Å². The lowest BCUT2D eigenvalue weighted by Crippen LogP contribution is -2.24. The number of benzene rings is 2. The molecule has 0 spiro atoms. The van der Waals surface area contributed by atoms with Crippen molar-refractivity contribution in [3.05, 3.63) is 58.1 Å². The number of rotatable bonds is 7. The van der Waals surface area contributed by atoms with Crippen LogP contribution in [0.1, 0.15) is 36.7 Å². The zero-order valence-corrected chi connectivity index (χ0v) is 16.7. The summed E-state index contributed by atoms with van der Waals surface area (Å²) in [5.41, 5.74) is 1.94. The number of nitrogens with one attached hydrogen (secondary N) is 2. The van der Waals surface area contributed by atoms with Crippen molar-refractivity contribution in [2.24, 2.45) is 5.92 Å². The van der Waals surface area contributed by atoms with Gasteiger partial charge in [0.05, 0.1) is 12.2 Å². The van der Waals surface area contributed by atoms with E-state index in [4.69, 9.17) is 4.74 Å². The average molecular weight is 419 g/mol. The fraction of sp³-hybridized carbons (Fsp3) is 0.300. The minimum absolute atomic E-state index is 0.102.